The summed E-state index contributed by atoms with van der Waals surface area (Å²) in [6, 6.07) is 6.08. The number of carbonyl (C=O) groups is 19. The van der Waals surface area contributed by atoms with E-state index in [1.165, 1.54) is 19.8 Å². The zero-order valence-corrected chi connectivity index (χ0v) is 85.6. The number of aromatic hydroxyl groups is 1. The van der Waals surface area contributed by atoms with E-state index in [-0.39, 0.29) is 234 Å². The summed E-state index contributed by atoms with van der Waals surface area (Å²) in [5, 5.41) is 25.6. The average Bonchev–Trinajstić information content (AvgIpc) is 0.879. The van der Waals surface area contributed by atoms with Crippen LogP contribution < -0.4 is 31.9 Å². The first-order valence-electron chi connectivity index (χ1n) is 48.1. The predicted octanol–water partition coefficient (Wildman–Crippen LogP) is 17.6. The van der Waals surface area contributed by atoms with Crippen LogP contribution in [0.3, 0.4) is 0 Å². The number of hydrogen-bond donors (Lipinski definition) is 7. The van der Waals surface area contributed by atoms with Gasteiger partial charge < -0.3 is 37.0 Å². The molecule has 0 spiro atoms. The molecule has 1 aromatic carbocycles. The van der Waals surface area contributed by atoms with Crippen molar-refractivity contribution in [3.8, 4) is 5.75 Å². The number of unbranched alkanes of at least 4 members (excludes halogenated alkanes) is 8. The lowest BCUT2D eigenvalue weighted by molar-refractivity contribution is -0.131. The number of nitrogens with one attached hydrogen (secondary N) is 6. The molecule has 26 nitrogen and oxygen atoms in total. The van der Waals surface area contributed by atoms with Crippen molar-refractivity contribution in [3.05, 3.63) is 29.8 Å². The first-order valence-corrected chi connectivity index (χ1v) is 48.1. The zero-order valence-electron chi connectivity index (χ0n) is 85.6. The summed E-state index contributed by atoms with van der Waals surface area (Å²) in [6.45, 7) is 54.6. The third-order valence-electron chi connectivity index (χ3n) is 20.6. The van der Waals surface area contributed by atoms with Crippen LogP contribution in [0.1, 0.15) is 386 Å². The molecule has 0 aromatic heterocycles. The van der Waals surface area contributed by atoms with Crippen LogP contribution in [-0.2, 0) is 97.5 Å². The molecule has 0 aliphatic rings. The lowest BCUT2D eigenvalue weighted by Gasteiger charge is -2.20. The van der Waals surface area contributed by atoms with Crippen LogP contribution >= 0.6 is 0 Å². The van der Waals surface area contributed by atoms with Gasteiger partial charge in [-0.15, -0.1) is 0 Å². The van der Waals surface area contributed by atoms with Crippen molar-refractivity contribution in [2.24, 2.45) is 76.9 Å². The van der Waals surface area contributed by atoms with Crippen molar-refractivity contribution in [2.75, 3.05) is 26.2 Å². The van der Waals surface area contributed by atoms with E-state index in [9.17, 15) is 96.2 Å². The summed E-state index contributed by atoms with van der Waals surface area (Å²) in [6.07, 6.45) is 19.1. The first kappa shape index (κ1) is 131. The Hall–Kier alpha value is -8.29. The van der Waals surface area contributed by atoms with E-state index in [4.69, 9.17) is 0 Å². The van der Waals surface area contributed by atoms with Gasteiger partial charge in [-0.2, -0.15) is 0 Å². The second-order valence-electron chi connectivity index (χ2n) is 38.4. The van der Waals surface area contributed by atoms with Crippen LogP contribution in [0.2, 0.25) is 0 Å². The van der Waals surface area contributed by atoms with Gasteiger partial charge in [0.05, 0.1) is 38.3 Å². The van der Waals surface area contributed by atoms with Crippen LogP contribution in [0, 0.1) is 76.9 Å². The van der Waals surface area contributed by atoms with E-state index < -0.39 is 6.04 Å². The van der Waals surface area contributed by atoms with E-state index in [0.29, 0.717) is 107 Å². The normalized spacial score (nSPS) is 11.4. The van der Waals surface area contributed by atoms with Crippen molar-refractivity contribution in [1.29, 1.82) is 0 Å². The third-order valence-corrected chi connectivity index (χ3v) is 20.6. The number of rotatable bonds is 63. The molecule has 7 N–H and O–H groups in total. The number of phenols is 1. The minimum Gasteiger partial charge on any atom is -0.508 e. The topological polar surface area (TPSA) is 417 Å². The number of amides is 5. The Morgan fingerprint density at radius 3 is 0.868 bits per heavy atom. The van der Waals surface area contributed by atoms with Crippen molar-refractivity contribution in [3.63, 3.8) is 0 Å². The maximum atomic E-state index is 12.4. The molecular formula is C103H180N6O20. The number of phenolic OH excluding ortho intramolecular Hbond substituents is 1. The fourth-order valence-electron chi connectivity index (χ4n) is 10.9. The van der Waals surface area contributed by atoms with Gasteiger partial charge in [-0.1, -0.05) is 245 Å². The van der Waals surface area contributed by atoms with E-state index in [1.807, 2.05) is 137 Å². The number of benzene rings is 1. The number of hydrogen-bond acceptors (Lipinski definition) is 21. The molecule has 0 fully saturated rings. The molecule has 1 aromatic rings. The first-order chi connectivity index (χ1) is 59.8. The van der Waals surface area contributed by atoms with Crippen LogP contribution in [0.5, 0.6) is 5.75 Å². The van der Waals surface area contributed by atoms with Crippen molar-refractivity contribution in [2.45, 2.75) is 405 Å². The molecule has 0 radical (unpaired) electrons. The molecule has 0 aliphatic heterocycles. The van der Waals surface area contributed by atoms with Crippen LogP contribution in [0.15, 0.2) is 24.3 Å². The molecule has 0 aliphatic carbocycles. The van der Waals surface area contributed by atoms with Crippen LogP contribution in [0.4, 0.5) is 0 Å². The second-order valence-corrected chi connectivity index (χ2v) is 38.4. The zero-order chi connectivity index (χ0) is 101. The summed E-state index contributed by atoms with van der Waals surface area (Å²) < 4.78 is 0. The number of ketones is 14. The smallest absolute Gasteiger partial charge is 0.223 e. The standard InChI is InChI=1S/C18H31NO4.C18H27NO3.C16H30O2.C14H25NO3.C13H25NO2.2C12H21NO3/c1-13(2)11-16(21)10-9-15(20)7-5-6-8-18(23)19-12-17(22)14(3)4;1-12(2)17(21)9-10-18(22)16(19-13(3)4)11-14-5-7-15(20)8-6-14;1-13(2)15(17)11-9-7-5-6-8-10-12-16(18)14(3)4;1-10(2)12(16)7-5-6-8-14(18)15-9-13(17)11(3)4;1-10(2)7-5-6-8-13(16)14-9-12(15)11(3)4;1-7(2)11(15)6-10(9(5)14)13-12(16)8(3)4;1-8(2)10(14)5-6-12(16)13-7-11(15)9(3)4/h13-14H,5-12H2,1-4H3,(H,19,23);5-8,12-13,16,19-20H,9-11H2,1-4H3;13-14H,5-12H2,1-4H3;10-11H,5-9H2,1-4H3,(H,15,18);10-11H,5-9H2,1-4H3,(H,14,16);7-8,10H,6H2,1-5H3,(H,13,16);8-9H,5-7H2,1-4H3,(H,13,16)/t;16-;;;;;/m.0...../s1. The Kier molecular flexibility index (Phi) is 81.0. The van der Waals surface area contributed by atoms with Crippen LogP contribution in [-0.4, -0.2) is 160 Å². The van der Waals surface area contributed by atoms with Crippen molar-refractivity contribution >= 4 is 111 Å². The average molecular weight is 1820 g/mol. The summed E-state index contributed by atoms with van der Waals surface area (Å²) >= 11 is 0. The van der Waals surface area contributed by atoms with E-state index >= 15 is 0 Å². The Morgan fingerprint density at radius 2 is 0.550 bits per heavy atom. The van der Waals surface area contributed by atoms with E-state index in [1.54, 1.807) is 67.5 Å². The fourth-order valence-corrected chi connectivity index (χ4v) is 10.9. The van der Waals surface area contributed by atoms with Crippen molar-refractivity contribution in [1.82, 2.24) is 31.9 Å². The quantitative estimate of drug-likeness (QED) is 0.0298. The monoisotopic (exact) mass is 1820 g/mol. The molecule has 0 saturated carbocycles. The van der Waals surface area contributed by atoms with Gasteiger partial charge in [-0.3, -0.25) is 91.1 Å². The minimum absolute atomic E-state index is 0.00115. The van der Waals surface area contributed by atoms with Gasteiger partial charge >= 0.3 is 0 Å². The minimum atomic E-state index is -0.676. The van der Waals surface area contributed by atoms with Gasteiger partial charge in [-0.25, -0.2) is 0 Å². The summed E-state index contributed by atoms with van der Waals surface area (Å²) in [7, 11) is 0. The Morgan fingerprint density at radius 1 is 0.264 bits per heavy atom. The lowest BCUT2D eigenvalue weighted by Crippen LogP contribution is -2.43. The molecule has 0 heterocycles. The lowest BCUT2D eigenvalue weighted by atomic mass is 9.96. The highest BCUT2D eigenvalue weighted by Gasteiger charge is 2.25. The fraction of sp³-hybridized carbons (Fsp3) is 0.757. The molecule has 1 rings (SSSR count). The molecule has 0 saturated heterocycles. The summed E-state index contributed by atoms with van der Waals surface area (Å²) in [5.41, 5.74) is 0.986. The SMILES string of the molecule is CC(=O)C(CC(=O)C(C)C)NC(=O)C(C)C.CC(C)C(=O)CCC(=O)NCC(=O)C(C)C.CC(C)C(=O)CCCCC(=O)NCC(=O)C(C)C.CC(C)C(=O)CCCCCCCCC(=O)C(C)C.CC(C)CC(=O)CCC(=O)CCCCC(=O)NCC(=O)C(C)C.CC(C)CCCCC(=O)NCC(=O)C(C)C.CC(C)N[C@@H](Cc1ccc(O)cc1)C(=O)CCC(=O)C(C)C. The van der Waals surface area contributed by atoms with Gasteiger partial charge in [-0.05, 0) is 87.8 Å². The van der Waals surface area contributed by atoms with Crippen LogP contribution in [0.25, 0.3) is 0 Å². The molecule has 129 heavy (non-hydrogen) atoms. The number of carbonyl (C=O) groups excluding carboxylic acids is 19. The molecule has 2 atom stereocenters. The Labute approximate surface area is 778 Å². The summed E-state index contributed by atoms with van der Waals surface area (Å²) in [4.78, 5) is 218. The van der Waals surface area contributed by atoms with Crippen molar-refractivity contribution < 1.29 is 96.2 Å². The maximum absolute atomic E-state index is 12.4. The molecular weight excluding hydrogens is 1640 g/mol. The van der Waals surface area contributed by atoms with Gasteiger partial charge in [0.25, 0.3) is 0 Å². The molecule has 0 bridgehead atoms. The highest BCUT2D eigenvalue weighted by atomic mass is 16.3. The van der Waals surface area contributed by atoms with Gasteiger partial charge in [0.15, 0.2) is 34.7 Å². The highest BCUT2D eigenvalue weighted by Crippen LogP contribution is 2.18. The predicted molar refractivity (Wildman–Crippen MR) is 516 cm³/mol. The highest BCUT2D eigenvalue weighted by molar-refractivity contribution is 5.95. The van der Waals surface area contributed by atoms with Gasteiger partial charge in [0, 0.05) is 167 Å². The Bertz CT molecular complexity index is 3380. The summed E-state index contributed by atoms with van der Waals surface area (Å²) in [5.74, 6) is 1.90. The molecule has 742 valence electrons. The molecule has 1 unspecified atom stereocenters. The maximum Gasteiger partial charge on any atom is 0.223 e. The Balaban J connectivity index is -0.000000344. The largest absolute Gasteiger partial charge is 0.508 e. The number of Topliss-reactive ketones (excluding diaryl/α,β-unsaturated/α-hetero) is 14. The molecule has 5 amide bonds. The van der Waals surface area contributed by atoms with E-state index in [2.05, 4.69) is 45.7 Å². The van der Waals surface area contributed by atoms with E-state index in [0.717, 1.165) is 69.8 Å². The molecule has 26 heteroatoms. The third kappa shape index (κ3) is 83.8. The second kappa shape index (κ2) is 79.5. The van der Waals surface area contributed by atoms with Gasteiger partial charge in [0.1, 0.15) is 52.0 Å². The van der Waals surface area contributed by atoms with Gasteiger partial charge in [0.2, 0.25) is 29.5 Å².